The van der Waals surface area contributed by atoms with Crippen molar-refractivity contribution in [2.45, 2.75) is 6.04 Å². The van der Waals surface area contributed by atoms with Crippen LogP contribution in [0, 0.1) is 5.82 Å². The van der Waals surface area contributed by atoms with Gasteiger partial charge in [-0.05, 0) is 29.8 Å². The van der Waals surface area contributed by atoms with Crippen LogP contribution in [0.4, 0.5) is 4.39 Å². The average molecular weight is 336 g/mol. The van der Waals surface area contributed by atoms with Gasteiger partial charge in [-0.2, -0.15) is 0 Å². The number of hydrogen-bond acceptors (Lipinski definition) is 4. The lowest BCUT2D eigenvalue weighted by Gasteiger charge is -2.36. The first-order valence-electron chi connectivity index (χ1n) is 7.66. The molecule has 23 heavy (non-hydrogen) atoms. The van der Waals surface area contributed by atoms with E-state index in [2.05, 4.69) is 21.3 Å². The fraction of sp³-hybridized carbons (Fsp3) is 0.353. The summed E-state index contributed by atoms with van der Waals surface area (Å²) in [7, 11) is 0. The van der Waals surface area contributed by atoms with Crippen molar-refractivity contribution in [3.05, 3.63) is 59.1 Å². The maximum atomic E-state index is 13.0. The second kappa shape index (κ2) is 7.73. The molecule has 0 aliphatic carbocycles. The Hall–Kier alpha value is -1.69. The van der Waals surface area contributed by atoms with Gasteiger partial charge in [-0.3, -0.25) is 9.88 Å². The molecule has 1 saturated heterocycles. The standard InChI is InChI=1S/C17H19ClFN3O/c18-15-10-14(19)3-4-17(15)23-9-8-22-7-6-21-12-16(22)13-2-1-5-20-11-13/h1-5,10-11,16,21H,6-9,12H2. The molecular formula is C17H19ClFN3O. The van der Waals surface area contributed by atoms with Crippen molar-refractivity contribution in [2.24, 2.45) is 0 Å². The highest BCUT2D eigenvalue weighted by Gasteiger charge is 2.23. The van der Waals surface area contributed by atoms with Crippen molar-refractivity contribution in [3.63, 3.8) is 0 Å². The summed E-state index contributed by atoms with van der Waals surface area (Å²) in [5.41, 5.74) is 1.19. The molecule has 1 aromatic heterocycles. The van der Waals surface area contributed by atoms with E-state index in [4.69, 9.17) is 16.3 Å². The zero-order valence-electron chi connectivity index (χ0n) is 12.7. The molecule has 1 aromatic carbocycles. The van der Waals surface area contributed by atoms with Crippen LogP contribution in [-0.4, -0.2) is 42.7 Å². The van der Waals surface area contributed by atoms with Crippen LogP contribution in [0.2, 0.25) is 5.02 Å². The molecule has 1 fully saturated rings. The maximum absolute atomic E-state index is 13.0. The van der Waals surface area contributed by atoms with Gasteiger partial charge in [0, 0.05) is 44.6 Å². The van der Waals surface area contributed by atoms with Gasteiger partial charge in [0.15, 0.2) is 0 Å². The third-order valence-corrected chi connectivity index (χ3v) is 4.25. The minimum Gasteiger partial charge on any atom is -0.491 e. The molecule has 1 N–H and O–H groups in total. The van der Waals surface area contributed by atoms with Crippen LogP contribution in [0.3, 0.4) is 0 Å². The minimum atomic E-state index is -0.360. The Kier molecular flexibility index (Phi) is 5.43. The number of piperazine rings is 1. The van der Waals surface area contributed by atoms with E-state index in [0.717, 1.165) is 26.2 Å². The topological polar surface area (TPSA) is 37.4 Å². The highest BCUT2D eigenvalue weighted by molar-refractivity contribution is 6.32. The number of rotatable bonds is 5. The van der Waals surface area contributed by atoms with Crippen LogP contribution in [0.25, 0.3) is 0 Å². The van der Waals surface area contributed by atoms with Crippen molar-refractivity contribution in [1.82, 2.24) is 15.2 Å². The number of hydrogen-bond donors (Lipinski definition) is 1. The third-order valence-electron chi connectivity index (χ3n) is 3.95. The van der Waals surface area contributed by atoms with Crippen LogP contribution in [-0.2, 0) is 0 Å². The Labute approximate surface area is 140 Å². The van der Waals surface area contributed by atoms with E-state index < -0.39 is 0 Å². The molecule has 1 atom stereocenters. The summed E-state index contributed by atoms with van der Waals surface area (Å²) in [5, 5.41) is 3.71. The van der Waals surface area contributed by atoms with Gasteiger partial charge >= 0.3 is 0 Å². The molecule has 122 valence electrons. The molecule has 4 nitrogen and oxygen atoms in total. The Morgan fingerprint density at radius 2 is 2.30 bits per heavy atom. The summed E-state index contributed by atoms with van der Waals surface area (Å²) >= 11 is 5.98. The van der Waals surface area contributed by atoms with Gasteiger partial charge in [0.1, 0.15) is 18.2 Å². The molecule has 0 amide bonds. The number of halogens is 2. The fourth-order valence-electron chi connectivity index (χ4n) is 2.78. The first-order valence-corrected chi connectivity index (χ1v) is 8.04. The van der Waals surface area contributed by atoms with Gasteiger partial charge in [0.2, 0.25) is 0 Å². The zero-order valence-corrected chi connectivity index (χ0v) is 13.5. The van der Waals surface area contributed by atoms with E-state index in [1.807, 2.05) is 12.3 Å². The minimum absolute atomic E-state index is 0.282. The average Bonchev–Trinajstić information content (AvgIpc) is 2.58. The van der Waals surface area contributed by atoms with Crippen molar-refractivity contribution in [2.75, 3.05) is 32.8 Å². The first-order chi connectivity index (χ1) is 11.2. The molecule has 0 bridgehead atoms. The van der Waals surface area contributed by atoms with Gasteiger partial charge in [-0.15, -0.1) is 0 Å². The Bertz CT molecular complexity index is 641. The number of ether oxygens (including phenoxy) is 1. The van der Waals surface area contributed by atoms with Gasteiger partial charge in [-0.1, -0.05) is 17.7 Å². The van der Waals surface area contributed by atoms with E-state index in [0.29, 0.717) is 17.4 Å². The molecule has 3 rings (SSSR count). The number of pyridine rings is 1. The van der Waals surface area contributed by atoms with Crippen molar-refractivity contribution >= 4 is 11.6 Å². The number of benzene rings is 1. The van der Waals surface area contributed by atoms with E-state index in [-0.39, 0.29) is 11.9 Å². The van der Waals surface area contributed by atoms with Gasteiger partial charge in [-0.25, -0.2) is 4.39 Å². The van der Waals surface area contributed by atoms with Crippen molar-refractivity contribution < 1.29 is 9.13 Å². The van der Waals surface area contributed by atoms with E-state index >= 15 is 0 Å². The zero-order chi connectivity index (χ0) is 16.1. The quantitative estimate of drug-likeness (QED) is 0.911. The normalized spacial score (nSPS) is 18.8. The lowest BCUT2D eigenvalue weighted by molar-refractivity contribution is 0.134. The molecular weight excluding hydrogens is 317 g/mol. The van der Waals surface area contributed by atoms with Crippen LogP contribution in [0.1, 0.15) is 11.6 Å². The molecule has 0 saturated carbocycles. The molecule has 6 heteroatoms. The van der Waals surface area contributed by atoms with Crippen LogP contribution in [0.5, 0.6) is 5.75 Å². The van der Waals surface area contributed by atoms with Crippen LogP contribution < -0.4 is 10.1 Å². The predicted molar refractivity (Wildman–Crippen MR) is 88.3 cm³/mol. The number of aromatic nitrogens is 1. The molecule has 0 spiro atoms. The molecule has 2 aromatic rings. The molecule has 1 unspecified atom stereocenters. The summed E-state index contributed by atoms with van der Waals surface area (Å²) in [6, 6.07) is 8.51. The molecule has 2 heterocycles. The van der Waals surface area contributed by atoms with Gasteiger partial charge < -0.3 is 10.1 Å². The third kappa shape index (κ3) is 4.19. The van der Waals surface area contributed by atoms with Crippen LogP contribution >= 0.6 is 11.6 Å². The smallest absolute Gasteiger partial charge is 0.138 e. The second-order valence-electron chi connectivity index (χ2n) is 5.47. The van der Waals surface area contributed by atoms with E-state index in [1.54, 1.807) is 12.3 Å². The summed E-state index contributed by atoms with van der Waals surface area (Å²) in [6.07, 6.45) is 3.69. The largest absolute Gasteiger partial charge is 0.491 e. The van der Waals surface area contributed by atoms with E-state index in [1.165, 1.54) is 17.7 Å². The molecule has 1 aliphatic rings. The second-order valence-corrected chi connectivity index (χ2v) is 5.87. The van der Waals surface area contributed by atoms with Crippen LogP contribution in [0.15, 0.2) is 42.7 Å². The molecule has 0 radical (unpaired) electrons. The highest BCUT2D eigenvalue weighted by Crippen LogP contribution is 2.25. The Morgan fingerprint density at radius 1 is 1.39 bits per heavy atom. The summed E-state index contributed by atoms with van der Waals surface area (Å²) in [5.74, 6) is 0.155. The monoisotopic (exact) mass is 335 g/mol. The van der Waals surface area contributed by atoms with Gasteiger partial charge in [0.25, 0.3) is 0 Å². The Morgan fingerprint density at radius 3 is 3.09 bits per heavy atom. The SMILES string of the molecule is Fc1ccc(OCCN2CCNCC2c2cccnc2)c(Cl)c1. The summed E-state index contributed by atoms with van der Waals surface area (Å²) in [4.78, 5) is 6.57. The lowest BCUT2D eigenvalue weighted by Crippen LogP contribution is -2.47. The van der Waals surface area contributed by atoms with Gasteiger partial charge in [0.05, 0.1) is 5.02 Å². The lowest BCUT2D eigenvalue weighted by atomic mass is 10.1. The molecule has 1 aliphatic heterocycles. The highest BCUT2D eigenvalue weighted by atomic mass is 35.5. The Balaban J connectivity index is 1.59. The van der Waals surface area contributed by atoms with Crippen molar-refractivity contribution in [3.8, 4) is 5.75 Å². The first kappa shape index (κ1) is 16.2. The summed E-state index contributed by atoms with van der Waals surface area (Å²) in [6.45, 7) is 4.06. The van der Waals surface area contributed by atoms with E-state index in [9.17, 15) is 4.39 Å². The summed E-state index contributed by atoms with van der Waals surface area (Å²) < 4.78 is 18.7. The maximum Gasteiger partial charge on any atom is 0.138 e. The fourth-order valence-corrected chi connectivity index (χ4v) is 3.00. The number of nitrogens with zero attached hydrogens (tertiary/aromatic N) is 2. The number of nitrogens with one attached hydrogen (secondary N) is 1. The predicted octanol–water partition coefficient (Wildman–Crippen LogP) is 2.90. The van der Waals surface area contributed by atoms with Crippen molar-refractivity contribution in [1.29, 1.82) is 0 Å².